The van der Waals surface area contributed by atoms with Gasteiger partial charge in [0, 0.05) is 47.8 Å². The molecule has 4 heterocycles. The van der Waals surface area contributed by atoms with Crippen molar-refractivity contribution in [1.82, 2.24) is 19.9 Å². The van der Waals surface area contributed by atoms with Crippen LogP contribution < -0.4 is 5.32 Å². The van der Waals surface area contributed by atoms with Crippen LogP contribution in [0.2, 0.25) is 0 Å². The lowest BCUT2D eigenvalue weighted by Gasteiger charge is -2.33. The number of piperidine rings is 1. The molecule has 4 aromatic rings. The van der Waals surface area contributed by atoms with E-state index in [2.05, 4.69) is 21.4 Å². The summed E-state index contributed by atoms with van der Waals surface area (Å²) in [6, 6.07) is 15.7. The van der Waals surface area contributed by atoms with Gasteiger partial charge in [0.1, 0.15) is 5.82 Å². The maximum Gasteiger partial charge on any atom is 0.253 e. The second kappa shape index (κ2) is 8.67. The number of benzene rings is 1. The Morgan fingerprint density at radius 1 is 1.12 bits per heavy atom. The molecular formula is C25H25N5OS. The van der Waals surface area contributed by atoms with E-state index in [0.29, 0.717) is 6.54 Å². The van der Waals surface area contributed by atoms with E-state index in [1.54, 1.807) is 17.5 Å². The Morgan fingerprint density at radius 2 is 2.03 bits per heavy atom. The van der Waals surface area contributed by atoms with Gasteiger partial charge < -0.3 is 10.2 Å². The Kier molecular flexibility index (Phi) is 5.57. The minimum absolute atomic E-state index is 0.0853. The molecule has 1 aromatic carbocycles. The van der Waals surface area contributed by atoms with Gasteiger partial charge in [0.2, 0.25) is 0 Å². The van der Waals surface area contributed by atoms with Gasteiger partial charge in [0.25, 0.3) is 5.91 Å². The molecule has 1 aliphatic heterocycles. The summed E-state index contributed by atoms with van der Waals surface area (Å²) < 4.78 is 1.06. The molecular weight excluding hydrogens is 418 g/mol. The molecule has 1 fully saturated rings. The molecule has 1 unspecified atom stereocenters. The number of carbonyl (C=O) groups is 1. The third kappa shape index (κ3) is 4.34. The Balaban J connectivity index is 1.35. The van der Waals surface area contributed by atoms with Crippen molar-refractivity contribution in [2.75, 3.05) is 18.4 Å². The van der Waals surface area contributed by atoms with Crippen molar-refractivity contribution in [1.29, 1.82) is 0 Å². The molecule has 0 radical (unpaired) electrons. The Labute approximate surface area is 191 Å². The number of fused-ring (bicyclic) bond motifs is 1. The monoisotopic (exact) mass is 443 g/mol. The van der Waals surface area contributed by atoms with Crippen LogP contribution in [0.5, 0.6) is 0 Å². The highest BCUT2D eigenvalue weighted by Gasteiger charge is 2.27. The quantitative estimate of drug-likeness (QED) is 0.453. The topological polar surface area (TPSA) is 71.0 Å². The van der Waals surface area contributed by atoms with Crippen molar-refractivity contribution in [3.63, 3.8) is 0 Å². The highest BCUT2D eigenvalue weighted by atomic mass is 32.1. The summed E-state index contributed by atoms with van der Waals surface area (Å²) in [4.78, 5) is 28.9. The molecule has 6 nitrogen and oxygen atoms in total. The number of nitrogens with zero attached hydrogens (tertiary/aromatic N) is 4. The van der Waals surface area contributed by atoms with Crippen molar-refractivity contribution in [3.8, 4) is 0 Å². The molecule has 1 saturated heterocycles. The van der Waals surface area contributed by atoms with E-state index in [-0.39, 0.29) is 11.8 Å². The number of nitrogens with one attached hydrogen (secondary N) is 1. The summed E-state index contributed by atoms with van der Waals surface area (Å²) in [5, 5.41) is 4.38. The Hall–Kier alpha value is -3.32. The van der Waals surface area contributed by atoms with Crippen LogP contribution in [-0.2, 0) is 0 Å². The first kappa shape index (κ1) is 20.6. The molecule has 1 N–H and O–H groups in total. The third-order valence-electron chi connectivity index (χ3n) is 5.78. The zero-order valence-electron chi connectivity index (χ0n) is 18.2. The summed E-state index contributed by atoms with van der Waals surface area (Å²) in [5.74, 6) is 1.10. The molecule has 1 aliphatic rings. The van der Waals surface area contributed by atoms with E-state index in [0.717, 1.165) is 63.1 Å². The van der Waals surface area contributed by atoms with Gasteiger partial charge in [-0.15, -0.1) is 11.3 Å². The van der Waals surface area contributed by atoms with Crippen molar-refractivity contribution in [3.05, 3.63) is 76.7 Å². The Bertz CT molecular complexity index is 1270. The predicted molar refractivity (Wildman–Crippen MR) is 129 cm³/mol. The van der Waals surface area contributed by atoms with Crippen molar-refractivity contribution in [2.45, 2.75) is 32.6 Å². The van der Waals surface area contributed by atoms with E-state index in [4.69, 9.17) is 4.98 Å². The SMILES string of the molecule is Cc1cc(Nc2ccccn2)cc(C2CCCN(C(=O)c3ccc4nc(C)sc4c3)C2)n1. The van der Waals surface area contributed by atoms with E-state index in [1.165, 1.54) is 0 Å². The molecule has 0 aliphatic carbocycles. The number of likely N-dealkylation sites (tertiary alicyclic amines) is 1. The van der Waals surface area contributed by atoms with Gasteiger partial charge in [-0.1, -0.05) is 6.07 Å². The van der Waals surface area contributed by atoms with Crippen molar-refractivity contribution < 1.29 is 4.79 Å². The lowest BCUT2D eigenvalue weighted by Crippen LogP contribution is -2.39. The third-order valence-corrected chi connectivity index (χ3v) is 6.71. The number of rotatable bonds is 4. The zero-order chi connectivity index (χ0) is 22.1. The van der Waals surface area contributed by atoms with Crippen molar-refractivity contribution in [2.24, 2.45) is 0 Å². The number of carbonyl (C=O) groups excluding carboxylic acids is 1. The fourth-order valence-electron chi connectivity index (χ4n) is 4.32. The van der Waals surface area contributed by atoms with E-state index >= 15 is 0 Å². The van der Waals surface area contributed by atoms with E-state index < -0.39 is 0 Å². The highest BCUT2D eigenvalue weighted by molar-refractivity contribution is 7.18. The van der Waals surface area contributed by atoms with E-state index in [1.807, 2.05) is 61.2 Å². The first-order valence-electron chi connectivity index (χ1n) is 10.9. The smallest absolute Gasteiger partial charge is 0.253 e. The van der Waals surface area contributed by atoms with Gasteiger partial charge in [0.05, 0.1) is 15.2 Å². The molecule has 1 amide bonds. The fraction of sp³-hybridized carbons (Fsp3) is 0.280. The molecule has 7 heteroatoms. The molecule has 162 valence electrons. The largest absolute Gasteiger partial charge is 0.340 e. The lowest BCUT2D eigenvalue weighted by molar-refractivity contribution is 0.0706. The van der Waals surface area contributed by atoms with Crippen LogP contribution in [0, 0.1) is 13.8 Å². The van der Waals surface area contributed by atoms with E-state index in [9.17, 15) is 4.79 Å². The average molecular weight is 444 g/mol. The highest BCUT2D eigenvalue weighted by Crippen LogP contribution is 2.30. The number of aromatic nitrogens is 3. The minimum Gasteiger partial charge on any atom is -0.340 e. The maximum atomic E-state index is 13.3. The van der Waals surface area contributed by atoms with Crippen LogP contribution in [0.3, 0.4) is 0 Å². The summed E-state index contributed by atoms with van der Waals surface area (Å²) >= 11 is 1.63. The average Bonchev–Trinajstić information content (AvgIpc) is 3.18. The van der Waals surface area contributed by atoms with Crippen LogP contribution in [0.25, 0.3) is 10.2 Å². The molecule has 32 heavy (non-hydrogen) atoms. The number of hydrogen-bond acceptors (Lipinski definition) is 6. The molecule has 0 saturated carbocycles. The van der Waals surface area contributed by atoms with Crippen LogP contribution in [0.1, 0.15) is 45.5 Å². The van der Waals surface area contributed by atoms with Crippen LogP contribution in [0.15, 0.2) is 54.7 Å². The molecule has 0 bridgehead atoms. The second-order valence-corrected chi connectivity index (χ2v) is 9.50. The second-order valence-electron chi connectivity index (χ2n) is 8.27. The molecule has 3 aromatic heterocycles. The number of amides is 1. The van der Waals surface area contributed by atoms with Gasteiger partial charge >= 0.3 is 0 Å². The Morgan fingerprint density at radius 3 is 2.88 bits per heavy atom. The van der Waals surface area contributed by atoms with Gasteiger partial charge in [-0.25, -0.2) is 9.97 Å². The number of thiazole rings is 1. The van der Waals surface area contributed by atoms with Crippen molar-refractivity contribution >= 4 is 39.0 Å². The zero-order valence-corrected chi connectivity index (χ0v) is 19.0. The number of hydrogen-bond donors (Lipinski definition) is 1. The first-order chi connectivity index (χ1) is 15.5. The normalized spacial score (nSPS) is 16.3. The van der Waals surface area contributed by atoms with Gasteiger partial charge in [0.15, 0.2) is 0 Å². The predicted octanol–water partition coefficient (Wildman–Crippen LogP) is 5.47. The first-order valence-corrected chi connectivity index (χ1v) is 11.7. The molecule has 5 rings (SSSR count). The minimum atomic E-state index is 0.0853. The number of anilines is 2. The van der Waals surface area contributed by atoms with Gasteiger partial charge in [-0.2, -0.15) is 0 Å². The summed E-state index contributed by atoms with van der Waals surface area (Å²) in [6.45, 7) is 5.45. The maximum absolute atomic E-state index is 13.3. The standard InChI is InChI=1S/C25H25N5OS/c1-16-12-20(29-24-7-3-4-10-26-24)14-22(27-16)19-6-5-11-30(15-19)25(31)18-8-9-21-23(13-18)32-17(2)28-21/h3-4,7-10,12-14,19H,5-6,11,15H2,1-2H3,(H,26,27,29). The van der Waals surface area contributed by atoms with Crippen LogP contribution in [-0.4, -0.2) is 38.8 Å². The summed E-state index contributed by atoms with van der Waals surface area (Å²) in [7, 11) is 0. The number of aryl methyl sites for hydroxylation is 2. The summed E-state index contributed by atoms with van der Waals surface area (Å²) in [5.41, 5.74) is 4.64. The summed E-state index contributed by atoms with van der Waals surface area (Å²) in [6.07, 6.45) is 3.76. The fourth-order valence-corrected chi connectivity index (χ4v) is 5.18. The number of pyridine rings is 2. The molecule has 1 atom stereocenters. The van der Waals surface area contributed by atoms with Gasteiger partial charge in [-0.05, 0) is 69.2 Å². The molecule has 0 spiro atoms. The lowest BCUT2D eigenvalue weighted by atomic mass is 9.93. The van der Waals surface area contributed by atoms with Gasteiger partial charge in [-0.3, -0.25) is 9.78 Å². The van der Waals surface area contributed by atoms with Crippen LogP contribution >= 0.6 is 11.3 Å². The van der Waals surface area contributed by atoms with Crippen LogP contribution in [0.4, 0.5) is 11.5 Å².